The first-order valence-electron chi connectivity index (χ1n) is 4.92. The van der Waals surface area contributed by atoms with Crippen LogP contribution in [0.2, 0.25) is 0 Å². The van der Waals surface area contributed by atoms with E-state index in [1.165, 1.54) is 18.2 Å². The molecular weight excluding hydrogens is 246 g/mol. The summed E-state index contributed by atoms with van der Waals surface area (Å²) in [6.07, 6.45) is 0.231. The van der Waals surface area contributed by atoms with E-state index in [4.69, 9.17) is 15.0 Å². The van der Waals surface area contributed by atoms with Gasteiger partial charge in [-0.25, -0.2) is 18.4 Å². The van der Waals surface area contributed by atoms with E-state index >= 15 is 0 Å². The molecule has 2 rings (SSSR count). The second-order valence-electron chi connectivity index (χ2n) is 3.74. The Morgan fingerprint density at radius 1 is 1.47 bits per heavy atom. The van der Waals surface area contributed by atoms with Crippen LogP contribution in [0.1, 0.15) is 27.6 Å². The summed E-state index contributed by atoms with van der Waals surface area (Å²) in [7, 11) is -3.75. The van der Waals surface area contributed by atoms with Crippen LogP contribution >= 0.6 is 0 Å². The zero-order valence-electron chi connectivity index (χ0n) is 8.79. The lowest BCUT2D eigenvalue weighted by Crippen LogP contribution is -2.27. The van der Waals surface area contributed by atoms with E-state index in [1.807, 2.05) is 0 Å². The van der Waals surface area contributed by atoms with Crippen LogP contribution in [0.15, 0.2) is 18.2 Å². The zero-order valence-corrected chi connectivity index (χ0v) is 9.61. The predicted octanol–water partition coefficient (Wildman–Crippen LogP) is 0.497. The lowest BCUT2D eigenvalue weighted by atomic mass is 10.0. The van der Waals surface area contributed by atoms with Crippen molar-refractivity contribution in [2.75, 3.05) is 6.61 Å². The molecule has 6 nitrogen and oxygen atoms in total. The summed E-state index contributed by atoms with van der Waals surface area (Å²) in [6.45, 7) is 0.137. The van der Waals surface area contributed by atoms with Crippen molar-refractivity contribution in [3.8, 4) is 5.75 Å². The first-order chi connectivity index (χ1) is 7.91. The fourth-order valence-corrected chi connectivity index (χ4v) is 2.87. The van der Waals surface area contributed by atoms with Gasteiger partial charge in [-0.15, -0.1) is 0 Å². The number of fused-ring (bicyclic) bond motifs is 1. The number of primary sulfonamides is 1. The van der Waals surface area contributed by atoms with Gasteiger partial charge in [-0.1, -0.05) is 12.1 Å². The highest BCUT2D eigenvalue weighted by atomic mass is 32.2. The summed E-state index contributed by atoms with van der Waals surface area (Å²) in [5.41, 5.74) is 0.273. The number of hydrogen-bond acceptors (Lipinski definition) is 4. The Labute approximate surface area is 98.1 Å². The molecule has 0 aliphatic carbocycles. The SMILES string of the molecule is NS(=O)(=O)C1CCOc2c(C(=O)O)cccc21. The molecule has 0 bridgehead atoms. The van der Waals surface area contributed by atoms with Crippen molar-refractivity contribution in [3.05, 3.63) is 29.3 Å². The first kappa shape index (κ1) is 11.9. The molecule has 1 aliphatic heterocycles. The molecule has 1 atom stereocenters. The predicted molar refractivity (Wildman–Crippen MR) is 59.4 cm³/mol. The van der Waals surface area contributed by atoms with Crippen LogP contribution < -0.4 is 9.88 Å². The molecule has 0 saturated heterocycles. The molecule has 1 heterocycles. The van der Waals surface area contributed by atoms with Gasteiger partial charge in [0.25, 0.3) is 0 Å². The Kier molecular flexibility index (Phi) is 2.80. The van der Waals surface area contributed by atoms with E-state index in [9.17, 15) is 13.2 Å². The number of aromatic carboxylic acids is 1. The lowest BCUT2D eigenvalue weighted by Gasteiger charge is -2.25. The Morgan fingerprint density at radius 2 is 2.18 bits per heavy atom. The Morgan fingerprint density at radius 3 is 2.76 bits per heavy atom. The summed E-state index contributed by atoms with van der Waals surface area (Å²) >= 11 is 0. The standard InChI is InChI=1S/C10H11NO5S/c11-17(14,15)8-4-5-16-9-6(8)2-1-3-7(9)10(12)13/h1-3,8H,4-5H2,(H,12,13)(H2,11,14,15). The van der Waals surface area contributed by atoms with Crippen LogP contribution in [0.4, 0.5) is 0 Å². The number of carbonyl (C=O) groups is 1. The molecule has 0 aromatic heterocycles. The van der Waals surface area contributed by atoms with Crippen molar-refractivity contribution in [3.63, 3.8) is 0 Å². The van der Waals surface area contributed by atoms with Gasteiger partial charge in [-0.3, -0.25) is 0 Å². The van der Waals surface area contributed by atoms with Gasteiger partial charge in [0.15, 0.2) is 0 Å². The number of carboxylic acid groups (broad SMARTS) is 1. The highest BCUT2D eigenvalue weighted by Crippen LogP contribution is 2.38. The molecule has 92 valence electrons. The molecule has 3 N–H and O–H groups in total. The average Bonchev–Trinajstić information content (AvgIpc) is 2.26. The summed E-state index contributed by atoms with van der Waals surface area (Å²) in [5, 5.41) is 13.2. The number of carboxylic acids is 1. The number of ether oxygens (including phenoxy) is 1. The Balaban J connectivity index is 2.61. The smallest absolute Gasteiger partial charge is 0.339 e. The Bertz CT molecular complexity index is 566. The third-order valence-corrected chi connectivity index (χ3v) is 3.93. The summed E-state index contributed by atoms with van der Waals surface area (Å²) in [4.78, 5) is 11.0. The van der Waals surface area contributed by atoms with Crippen LogP contribution in [0.5, 0.6) is 5.75 Å². The van der Waals surface area contributed by atoms with Crippen LogP contribution in [-0.2, 0) is 10.0 Å². The number of sulfonamides is 1. The topological polar surface area (TPSA) is 107 Å². The van der Waals surface area contributed by atoms with Crippen LogP contribution in [0.3, 0.4) is 0 Å². The number of nitrogens with two attached hydrogens (primary N) is 1. The maximum Gasteiger partial charge on any atom is 0.339 e. The summed E-state index contributed by atoms with van der Waals surface area (Å²) in [6, 6.07) is 4.37. The third kappa shape index (κ3) is 2.11. The van der Waals surface area contributed by atoms with Crippen LogP contribution in [0.25, 0.3) is 0 Å². The molecule has 1 unspecified atom stereocenters. The van der Waals surface area contributed by atoms with E-state index in [2.05, 4.69) is 0 Å². The van der Waals surface area contributed by atoms with Crippen molar-refractivity contribution in [1.29, 1.82) is 0 Å². The number of benzene rings is 1. The quantitative estimate of drug-likeness (QED) is 0.802. The molecule has 0 saturated carbocycles. The first-order valence-corrected chi connectivity index (χ1v) is 6.53. The van der Waals surface area contributed by atoms with Gasteiger partial charge in [0, 0.05) is 12.0 Å². The molecule has 0 radical (unpaired) electrons. The van der Waals surface area contributed by atoms with Gasteiger partial charge in [0.2, 0.25) is 10.0 Å². The lowest BCUT2D eigenvalue weighted by molar-refractivity contribution is 0.0691. The van der Waals surface area contributed by atoms with Gasteiger partial charge in [0.1, 0.15) is 16.6 Å². The van der Waals surface area contributed by atoms with Crippen molar-refractivity contribution in [1.82, 2.24) is 0 Å². The van der Waals surface area contributed by atoms with Gasteiger partial charge < -0.3 is 9.84 Å². The van der Waals surface area contributed by atoms with E-state index in [0.717, 1.165) is 0 Å². The van der Waals surface area contributed by atoms with Gasteiger partial charge in [-0.2, -0.15) is 0 Å². The van der Waals surface area contributed by atoms with Gasteiger partial charge in [0.05, 0.1) is 6.61 Å². The maximum absolute atomic E-state index is 11.4. The fourth-order valence-electron chi connectivity index (χ4n) is 1.90. The van der Waals surface area contributed by atoms with Crippen LogP contribution in [-0.4, -0.2) is 26.1 Å². The zero-order chi connectivity index (χ0) is 12.6. The highest BCUT2D eigenvalue weighted by molar-refractivity contribution is 7.89. The number of rotatable bonds is 2. The third-order valence-electron chi connectivity index (χ3n) is 2.65. The number of hydrogen-bond donors (Lipinski definition) is 2. The average molecular weight is 257 g/mol. The monoisotopic (exact) mass is 257 g/mol. The molecule has 1 aromatic rings. The normalized spacial score (nSPS) is 19.2. The molecule has 0 amide bonds. The summed E-state index contributed by atoms with van der Waals surface area (Å²) in [5.74, 6) is -1.05. The number of para-hydroxylation sites is 1. The molecule has 1 aromatic carbocycles. The van der Waals surface area contributed by atoms with Crippen molar-refractivity contribution >= 4 is 16.0 Å². The minimum absolute atomic E-state index is 0.0455. The van der Waals surface area contributed by atoms with Crippen molar-refractivity contribution in [2.24, 2.45) is 5.14 Å². The van der Waals surface area contributed by atoms with E-state index in [0.29, 0.717) is 5.56 Å². The second kappa shape index (κ2) is 4.01. The van der Waals surface area contributed by atoms with Gasteiger partial charge >= 0.3 is 5.97 Å². The van der Waals surface area contributed by atoms with Crippen LogP contribution in [0, 0.1) is 0 Å². The van der Waals surface area contributed by atoms with Gasteiger partial charge in [-0.05, 0) is 6.07 Å². The van der Waals surface area contributed by atoms with Crippen molar-refractivity contribution < 1.29 is 23.1 Å². The molecular formula is C10H11NO5S. The minimum Gasteiger partial charge on any atom is -0.492 e. The maximum atomic E-state index is 11.4. The van der Waals surface area contributed by atoms with E-state index < -0.39 is 21.2 Å². The largest absolute Gasteiger partial charge is 0.492 e. The molecule has 0 fully saturated rings. The molecule has 1 aliphatic rings. The fraction of sp³-hybridized carbons (Fsp3) is 0.300. The molecule has 0 spiro atoms. The second-order valence-corrected chi connectivity index (χ2v) is 5.49. The van der Waals surface area contributed by atoms with E-state index in [-0.39, 0.29) is 24.3 Å². The van der Waals surface area contributed by atoms with Crippen molar-refractivity contribution in [2.45, 2.75) is 11.7 Å². The highest BCUT2D eigenvalue weighted by Gasteiger charge is 2.32. The molecule has 7 heteroatoms. The minimum atomic E-state index is -3.75. The van der Waals surface area contributed by atoms with E-state index in [1.54, 1.807) is 0 Å². The Hall–Kier alpha value is -1.60. The summed E-state index contributed by atoms with van der Waals surface area (Å²) < 4.78 is 28.1. The molecule has 17 heavy (non-hydrogen) atoms.